The molecule has 4 rings (SSSR count). The van der Waals surface area contributed by atoms with Crippen LogP contribution < -0.4 is 5.32 Å². The average molecular weight is 499 g/mol. The van der Waals surface area contributed by atoms with Crippen LogP contribution in [0.5, 0.6) is 0 Å². The van der Waals surface area contributed by atoms with E-state index in [9.17, 15) is 13.2 Å². The number of rotatable bonds is 7. The first kappa shape index (κ1) is 25.8. The zero-order chi connectivity index (χ0) is 25.0. The highest BCUT2D eigenvalue weighted by Crippen LogP contribution is 2.26. The molecule has 0 aromatic heterocycles. The first-order chi connectivity index (χ1) is 16.7. The van der Waals surface area contributed by atoms with Crippen LogP contribution >= 0.6 is 0 Å². The van der Waals surface area contributed by atoms with Crippen molar-refractivity contribution in [3.63, 3.8) is 0 Å². The van der Waals surface area contributed by atoms with Gasteiger partial charge in [-0.15, -0.1) is 0 Å². The Kier molecular flexibility index (Phi) is 8.27. The Labute approximate surface area is 210 Å². The number of nitrogens with one attached hydrogen (secondary N) is 1. The minimum Gasteiger partial charge on any atom is -0.348 e. The Bertz CT molecular complexity index is 1140. The van der Waals surface area contributed by atoms with Crippen LogP contribution in [0, 0.1) is 6.92 Å². The molecule has 1 amide bonds. The van der Waals surface area contributed by atoms with Crippen LogP contribution in [0.15, 0.2) is 47.4 Å². The van der Waals surface area contributed by atoms with Crippen molar-refractivity contribution in [1.82, 2.24) is 19.4 Å². The third kappa shape index (κ3) is 6.30. The topological polar surface area (TPSA) is 73.0 Å². The van der Waals surface area contributed by atoms with E-state index in [1.165, 1.54) is 11.6 Å². The first-order valence-corrected chi connectivity index (χ1v) is 14.1. The lowest BCUT2D eigenvalue weighted by Crippen LogP contribution is -2.43. The summed E-state index contributed by atoms with van der Waals surface area (Å²) in [7, 11) is -1.47. The van der Waals surface area contributed by atoms with Gasteiger partial charge in [-0.1, -0.05) is 36.8 Å². The smallest absolute Gasteiger partial charge is 0.251 e. The second-order valence-electron chi connectivity index (χ2n) is 10.0. The van der Waals surface area contributed by atoms with Crippen LogP contribution in [0.4, 0.5) is 0 Å². The summed E-state index contributed by atoms with van der Waals surface area (Å²) >= 11 is 0. The molecule has 7 nitrogen and oxygen atoms in total. The van der Waals surface area contributed by atoms with Gasteiger partial charge in [0.2, 0.25) is 10.0 Å². The number of nitrogens with zero attached hydrogens (tertiary/aromatic N) is 3. The Morgan fingerprint density at radius 1 is 1.00 bits per heavy atom. The largest absolute Gasteiger partial charge is 0.348 e. The van der Waals surface area contributed by atoms with Crippen molar-refractivity contribution in [2.45, 2.75) is 57.1 Å². The van der Waals surface area contributed by atoms with Gasteiger partial charge in [0.05, 0.1) is 4.90 Å². The zero-order valence-electron chi connectivity index (χ0n) is 21.2. The number of aryl methyl sites for hydroxylation is 1. The van der Waals surface area contributed by atoms with Crippen molar-refractivity contribution in [1.29, 1.82) is 0 Å². The SMILES string of the molecule is Cc1ccc(S(=O)(=O)N2CCCCC2C)cc1C(=O)NCc1cccc(CN2CCN(C)CC2)c1. The molecule has 1 N–H and O–H groups in total. The molecule has 2 fully saturated rings. The van der Waals surface area contributed by atoms with Crippen LogP contribution in [-0.4, -0.2) is 74.2 Å². The number of benzene rings is 2. The highest BCUT2D eigenvalue weighted by Gasteiger charge is 2.31. The van der Waals surface area contributed by atoms with Crippen molar-refractivity contribution >= 4 is 15.9 Å². The number of hydrogen-bond donors (Lipinski definition) is 1. The Morgan fingerprint density at radius 3 is 2.49 bits per heavy atom. The first-order valence-electron chi connectivity index (χ1n) is 12.6. The molecule has 0 saturated carbocycles. The van der Waals surface area contributed by atoms with Crippen molar-refractivity contribution in [3.05, 3.63) is 64.7 Å². The summed E-state index contributed by atoms with van der Waals surface area (Å²) in [5, 5.41) is 2.99. The third-order valence-corrected chi connectivity index (χ3v) is 9.26. The number of carbonyl (C=O) groups excluding carboxylic acids is 1. The summed E-state index contributed by atoms with van der Waals surface area (Å²) < 4.78 is 28.1. The Morgan fingerprint density at radius 2 is 1.74 bits per heavy atom. The fraction of sp³-hybridized carbons (Fsp3) is 0.519. The average Bonchev–Trinajstić information content (AvgIpc) is 2.84. The van der Waals surface area contributed by atoms with Crippen LogP contribution in [0.25, 0.3) is 0 Å². The van der Waals surface area contributed by atoms with Crippen LogP contribution in [0.3, 0.4) is 0 Å². The van der Waals surface area contributed by atoms with E-state index in [1.54, 1.807) is 16.4 Å². The molecule has 0 aliphatic carbocycles. The van der Waals surface area contributed by atoms with E-state index < -0.39 is 10.0 Å². The summed E-state index contributed by atoms with van der Waals surface area (Å²) in [4.78, 5) is 18.0. The predicted octanol–water partition coefficient (Wildman–Crippen LogP) is 3.24. The van der Waals surface area contributed by atoms with Gasteiger partial charge in [-0.05, 0) is 62.6 Å². The van der Waals surface area contributed by atoms with Gasteiger partial charge in [-0.25, -0.2) is 8.42 Å². The number of piperazine rings is 1. The Balaban J connectivity index is 1.42. The van der Waals surface area contributed by atoms with Crippen LogP contribution in [0.1, 0.15) is 53.2 Å². The molecule has 2 aliphatic rings. The molecule has 0 spiro atoms. The minimum atomic E-state index is -3.63. The molecule has 35 heavy (non-hydrogen) atoms. The summed E-state index contributed by atoms with van der Waals surface area (Å²) in [6.07, 6.45) is 2.79. The lowest BCUT2D eigenvalue weighted by Gasteiger charge is -2.32. The lowest BCUT2D eigenvalue weighted by molar-refractivity contribution is 0.0950. The monoisotopic (exact) mass is 498 g/mol. The molecule has 0 radical (unpaired) electrons. The highest BCUT2D eigenvalue weighted by molar-refractivity contribution is 7.89. The standard InChI is InChI=1S/C27H38N4O3S/c1-21-10-11-25(35(33,34)31-12-5-4-7-22(31)2)18-26(21)27(32)28-19-23-8-6-9-24(17-23)20-30-15-13-29(3)14-16-30/h6,8-11,17-18,22H,4-5,7,12-16,19-20H2,1-3H3,(H,28,32). The van der Waals surface area contributed by atoms with Gasteiger partial charge in [0.25, 0.3) is 5.91 Å². The van der Waals surface area contributed by atoms with E-state index in [0.29, 0.717) is 18.7 Å². The van der Waals surface area contributed by atoms with Crippen LogP contribution in [0.2, 0.25) is 0 Å². The summed E-state index contributed by atoms with van der Waals surface area (Å²) in [5.41, 5.74) is 3.44. The maximum atomic E-state index is 13.3. The van der Waals surface area contributed by atoms with E-state index in [4.69, 9.17) is 0 Å². The molecule has 1 unspecified atom stereocenters. The molecular weight excluding hydrogens is 460 g/mol. The molecule has 8 heteroatoms. The molecule has 190 valence electrons. The van der Waals surface area contributed by atoms with Gasteiger partial charge in [0.1, 0.15) is 0 Å². The third-order valence-electron chi connectivity index (χ3n) is 7.25. The van der Waals surface area contributed by atoms with Gasteiger partial charge in [0.15, 0.2) is 0 Å². The summed E-state index contributed by atoms with van der Waals surface area (Å²) in [5.74, 6) is -0.254. The highest BCUT2D eigenvalue weighted by atomic mass is 32.2. The number of sulfonamides is 1. The van der Waals surface area contributed by atoms with E-state index in [1.807, 2.05) is 26.0 Å². The van der Waals surface area contributed by atoms with E-state index in [0.717, 1.165) is 63.1 Å². The number of hydrogen-bond acceptors (Lipinski definition) is 5. The quantitative estimate of drug-likeness (QED) is 0.635. The fourth-order valence-electron chi connectivity index (χ4n) is 4.95. The van der Waals surface area contributed by atoms with Gasteiger partial charge in [0, 0.05) is 57.4 Å². The van der Waals surface area contributed by atoms with E-state index in [-0.39, 0.29) is 16.8 Å². The Hall–Kier alpha value is -2.26. The summed E-state index contributed by atoms with van der Waals surface area (Å²) in [6.45, 7) is 9.92. The van der Waals surface area contributed by atoms with E-state index in [2.05, 4.69) is 34.3 Å². The second-order valence-corrected chi connectivity index (χ2v) is 11.9. The molecule has 0 bridgehead atoms. The minimum absolute atomic E-state index is 0.0227. The number of likely N-dealkylation sites (N-methyl/N-ethyl adjacent to an activating group) is 1. The molecule has 2 saturated heterocycles. The second kappa shape index (κ2) is 11.2. The van der Waals surface area contributed by atoms with Gasteiger partial charge in [-0.3, -0.25) is 9.69 Å². The van der Waals surface area contributed by atoms with Crippen molar-refractivity contribution in [2.24, 2.45) is 0 Å². The molecule has 2 heterocycles. The van der Waals surface area contributed by atoms with Crippen molar-refractivity contribution in [3.8, 4) is 0 Å². The van der Waals surface area contributed by atoms with Crippen molar-refractivity contribution in [2.75, 3.05) is 39.8 Å². The van der Waals surface area contributed by atoms with E-state index >= 15 is 0 Å². The molecule has 1 atom stereocenters. The van der Waals surface area contributed by atoms with Gasteiger partial charge >= 0.3 is 0 Å². The number of carbonyl (C=O) groups is 1. The molecule has 2 aliphatic heterocycles. The fourth-order valence-corrected chi connectivity index (χ4v) is 6.68. The van der Waals surface area contributed by atoms with Gasteiger partial charge < -0.3 is 10.2 Å². The number of piperidine rings is 1. The maximum Gasteiger partial charge on any atom is 0.251 e. The molecular formula is C27H38N4O3S. The van der Waals surface area contributed by atoms with Gasteiger partial charge in [-0.2, -0.15) is 4.31 Å². The van der Waals surface area contributed by atoms with Crippen LogP contribution in [-0.2, 0) is 23.1 Å². The zero-order valence-corrected chi connectivity index (χ0v) is 22.0. The summed E-state index contributed by atoms with van der Waals surface area (Å²) in [6, 6.07) is 13.2. The maximum absolute atomic E-state index is 13.3. The molecule has 2 aromatic rings. The number of amides is 1. The lowest BCUT2D eigenvalue weighted by atomic mass is 10.1. The normalized spacial score (nSPS) is 20.6. The van der Waals surface area contributed by atoms with Crippen molar-refractivity contribution < 1.29 is 13.2 Å². The molecule has 2 aromatic carbocycles. The predicted molar refractivity (Wildman–Crippen MR) is 139 cm³/mol.